The number of anilines is 1. The number of hydrogen-bond acceptors (Lipinski definition) is 3. The van der Waals surface area contributed by atoms with Crippen LogP contribution >= 0.6 is 11.3 Å². The maximum absolute atomic E-state index is 12.4. The van der Waals surface area contributed by atoms with Gasteiger partial charge in [0.2, 0.25) is 5.91 Å². The highest BCUT2D eigenvalue weighted by Crippen LogP contribution is 2.25. The van der Waals surface area contributed by atoms with E-state index in [1.807, 2.05) is 18.0 Å². The van der Waals surface area contributed by atoms with Gasteiger partial charge in [0.15, 0.2) is 0 Å². The Morgan fingerprint density at radius 3 is 2.70 bits per heavy atom. The molecule has 1 amide bonds. The van der Waals surface area contributed by atoms with Crippen LogP contribution in [-0.2, 0) is 17.8 Å². The van der Waals surface area contributed by atoms with E-state index in [1.54, 1.807) is 11.3 Å². The second kappa shape index (κ2) is 7.64. The first kappa shape index (κ1) is 16.1. The number of aryl methyl sites for hydroxylation is 1. The molecule has 1 aliphatic rings. The quantitative estimate of drug-likeness (QED) is 0.802. The molecule has 0 saturated carbocycles. The molecule has 23 heavy (non-hydrogen) atoms. The summed E-state index contributed by atoms with van der Waals surface area (Å²) in [6.07, 6.45) is 3.96. The highest BCUT2D eigenvalue weighted by Gasteiger charge is 2.17. The number of carbonyl (C=O) groups is 1. The van der Waals surface area contributed by atoms with E-state index in [1.165, 1.54) is 29.0 Å². The molecule has 3 rings (SSSR count). The third-order valence-electron chi connectivity index (χ3n) is 4.44. The molecule has 1 saturated heterocycles. The number of hydrogen-bond donors (Lipinski definition) is 0. The zero-order valence-electron chi connectivity index (χ0n) is 13.7. The number of para-hydroxylation sites is 1. The van der Waals surface area contributed by atoms with E-state index >= 15 is 0 Å². The van der Waals surface area contributed by atoms with Gasteiger partial charge in [-0.1, -0.05) is 24.3 Å². The Balaban J connectivity index is 1.60. The Morgan fingerprint density at radius 2 is 1.96 bits per heavy atom. The van der Waals surface area contributed by atoms with Crippen LogP contribution < -0.4 is 4.90 Å². The fourth-order valence-corrected chi connectivity index (χ4v) is 3.84. The predicted molar refractivity (Wildman–Crippen MR) is 97.0 cm³/mol. The van der Waals surface area contributed by atoms with E-state index in [-0.39, 0.29) is 5.91 Å². The van der Waals surface area contributed by atoms with Crippen LogP contribution in [0.2, 0.25) is 0 Å². The van der Waals surface area contributed by atoms with Crippen molar-refractivity contribution in [3.63, 3.8) is 0 Å². The Hall–Kier alpha value is -1.81. The largest absolute Gasteiger partial charge is 0.371 e. The molecule has 1 aliphatic heterocycles. The molecule has 4 heteroatoms. The summed E-state index contributed by atoms with van der Waals surface area (Å²) in [5.41, 5.74) is 2.55. The van der Waals surface area contributed by atoms with E-state index in [9.17, 15) is 4.79 Å². The summed E-state index contributed by atoms with van der Waals surface area (Å²) in [4.78, 5) is 18.0. The minimum Gasteiger partial charge on any atom is -0.371 e. The van der Waals surface area contributed by atoms with Gasteiger partial charge in [-0.05, 0) is 42.3 Å². The van der Waals surface area contributed by atoms with Gasteiger partial charge in [0.1, 0.15) is 0 Å². The van der Waals surface area contributed by atoms with Gasteiger partial charge in [-0.2, -0.15) is 0 Å². The molecular weight excluding hydrogens is 304 g/mol. The van der Waals surface area contributed by atoms with Gasteiger partial charge in [-0.3, -0.25) is 4.79 Å². The van der Waals surface area contributed by atoms with E-state index in [0.717, 1.165) is 19.5 Å². The molecule has 3 nitrogen and oxygen atoms in total. The summed E-state index contributed by atoms with van der Waals surface area (Å²) in [6.45, 7) is 2.95. The van der Waals surface area contributed by atoms with Crippen molar-refractivity contribution >= 4 is 22.9 Å². The molecule has 2 heterocycles. The average molecular weight is 328 g/mol. The molecule has 2 aromatic rings. The SMILES string of the molecule is CN(Cc1ccccc1N1CCCC1)C(=O)CCc1cccs1. The standard InChI is InChI=1S/C19H24N2OS/c1-20(19(22)11-10-17-8-6-14-23-17)15-16-7-2-3-9-18(16)21-12-4-5-13-21/h2-3,6-9,14H,4-5,10-13,15H2,1H3. The first-order chi connectivity index (χ1) is 11.2. The fraction of sp³-hybridized carbons (Fsp3) is 0.421. The van der Waals surface area contributed by atoms with Crippen LogP contribution in [0.15, 0.2) is 41.8 Å². The lowest BCUT2D eigenvalue weighted by Gasteiger charge is -2.24. The monoisotopic (exact) mass is 328 g/mol. The summed E-state index contributed by atoms with van der Waals surface area (Å²) in [6, 6.07) is 12.6. The average Bonchev–Trinajstić information content (AvgIpc) is 3.26. The van der Waals surface area contributed by atoms with Crippen molar-refractivity contribution in [3.05, 3.63) is 52.2 Å². The van der Waals surface area contributed by atoms with Gasteiger partial charge >= 0.3 is 0 Å². The van der Waals surface area contributed by atoms with Gasteiger partial charge in [-0.25, -0.2) is 0 Å². The van der Waals surface area contributed by atoms with Gasteiger partial charge in [-0.15, -0.1) is 11.3 Å². The highest BCUT2D eigenvalue weighted by molar-refractivity contribution is 7.09. The molecule has 0 unspecified atom stereocenters. The molecular formula is C19H24N2OS. The lowest BCUT2D eigenvalue weighted by molar-refractivity contribution is -0.130. The van der Waals surface area contributed by atoms with Crippen molar-refractivity contribution in [3.8, 4) is 0 Å². The number of benzene rings is 1. The van der Waals surface area contributed by atoms with Crippen LogP contribution in [-0.4, -0.2) is 30.9 Å². The second-order valence-corrected chi connectivity index (χ2v) is 7.18. The van der Waals surface area contributed by atoms with Gasteiger partial charge in [0.25, 0.3) is 0 Å². The highest BCUT2D eigenvalue weighted by atomic mass is 32.1. The first-order valence-corrected chi connectivity index (χ1v) is 9.21. The van der Waals surface area contributed by atoms with Crippen LogP contribution in [0, 0.1) is 0 Å². The Morgan fingerprint density at radius 1 is 1.17 bits per heavy atom. The van der Waals surface area contributed by atoms with Crippen molar-refractivity contribution in [2.24, 2.45) is 0 Å². The smallest absolute Gasteiger partial charge is 0.222 e. The summed E-state index contributed by atoms with van der Waals surface area (Å²) in [5, 5.41) is 2.07. The van der Waals surface area contributed by atoms with E-state index in [0.29, 0.717) is 13.0 Å². The van der Waals surface area contributed by atoms with Crippen molar-refractivity contribution in [2.45, 2.75) is 32.2 Å². The molecule has 0 N–H and O–H groups in total. The third kappa shape index (κ3) is 4.14. The van der Waals surface area contributed by atoms with Crippen LogP contribution in [0.5, 0.6) is 0 Å². The molecule has 0 bridgehead atoms. The Kier molecular flexibility index (Phi) is 5.34. The third-order valence-corrected chi connectivity index (χ3v) is 5.37. The number of nitrogens with zero attached hydrogens (tertiary/aromatic N) is 2. The molecule has 1 aromatic carbocycles. The fourth-order valence-electron chi connectivity index (χ4n) is 3.13. The van der Waals surface area contributed by atoms with Gasteiger partial charge in [0, 0.05) is 43.7 Å². The topological polar surface area (TPSA) is 23.6 Å². The number of thiophene rings is 1. The number of carbonyl (C=O) groups excluding carboxylic acids is 1. The van der Waals surface area contributed by atoms with E-state index in [2.05, 4.69) is 40.6 Å². The molecule has 122 valence electrons. The van der Waals surface area contributed by atoms with Crippen LogP contribution in [0.1, 0.15) is 29.7 Å². The first-order valence-electron chi connectivity index (χ1n) is 8.33. The minimum atomic E-state index is 0.217. The molecule has 0 radical (unpaired) electrons. The molecule has 1 aromatic heterocycles. The summed E-state index contributed by atoms with van der Waals surface area (Å²) in [7, 11) is 1.91. The van der Waals surface area contributed by atoms with Crippen molar-refractivity contribution in [1.82, 2.24) is 4.90 Å². The van der Waals surface area contributed by atoms with Crippen molar-refractivity contribution < 1.29 is 4.79 Å². The molecule has 0 aliphatic carbocycles. The van der Waals surface area contributed by atoms with Crippen LogP contribution in [0.4, 0.5) is 5.69 Å². The van der Waals surface area contributed by atoms with Crippen molar-refractivity contribution in [2.75, 3.05) is 25.0 Å². The number of amides is 1. The minimum absolute atomic E-state index is 0.217. The van der Waals surface area contributed by atoms with E-state index in [4.69, 9.17) is 0 Å². The van der Waals surface area contributed by atoms with Gasteiger partial charge < -0.3 is 9.80 Å². The Labute approximate surface area is 142 Å². The van der Waals surface area contributed by atoms with Gasteiger partial charge in [0.05, 0.1) is 0 Å². The van der Waals surface area contributed by atoms with Crippen molar-refractivity contribution in [1.29, 1.82) is 0 Å². The lowest BCUT2D eigenvalue weighted by Crippen LogP contribution is -2.28. The number of rotatable bonds is 6. The zero-order chi connectivity index (χ0) is 16.1. The maximum atomic E-state index is 12.4. The summed E-state index contributed by atoms with van der Waals surface area (Å²) >= 11 is 1.72. The zero-order valence-corrected chi connectivity index (χ0v) is 14.5. The van der Waals surface area contributed by atoms with Crippen LogP contribution in [0.25, 0.3) is 0 Å². The molecule has 0 atom stereocenters. The maximum Gasteiger partial charge on any atom is 0.222 e. The Bertz CT molecular complexity index is 633. The molecule has 1 fully saturated rings. The lowest BCUT2D eigenvalue weighted by atomic mass is 10.1. The molecule has 0 spiro atoms. The normalized spacial score (nSPS) is 14.2. The summed E-state index contributed by atoms with van der Waals surface area (Å²) < 4.78 is 0. The predicted octanol–water partition coefficient (Wildman–Crippen LogP) is 3.94. The second-order valence-electron chi connectivity index (χ2n) is 6.15. The van der Waals surface area contributed by atoms with E-state index < -0.39 is 0 Å². The summed E-state index contributed by atoms with van der Waals surface area (Å²) in [5.74, 6) is 0.217. The van der Waals surface area contributed by atoms with Crippen LogP contribution in [0.3, 0.4) is 0 Å².